The van der Waals surface area contributed by atoms with Crippen molar-refractivity contribution in [3.63, 3.8) is 0 Å². The molecule has 0 N–H and O–H groups in total. The number of alkyl halides is 4. The van der Waals surface area contributed by atoms with Gasteiger partial charge in [-0.15, -0.1) is 11.8 Å². The van der Waals surface area contributed by atoms with Crippen LogP contribution in [0.15, 0.2) is 48.5 Å². The van der Waals surface area contributed by atoms with E-state index in [2.05, 4.69) is 0 Å². The second-order valence-electron chi connectivity index (χ2n) is 7.22. The van der Waals surface area contributed by atoms with E-state index in [-0.39, 0.29) is 11.1 Å². The van der Waals surface area contributed by atoms with E-state index in [1.807, 2.05) is 13.8 Å². The summed E-state index contributed by atoms with van der Waals surface area (Å²) in [7, 11) is 0. The summed E-state index contributed by atoms with van der Waals surface area (Å²) in [6.45, 7) is 4.90. The van der Waals surface area contributed by atoms with Gasteiger partial charge in [0.15, 0.2) is 0 Å². The molecule has 2 aromatic carbocycles. The van der Waals surface area contributed by atoms with Crippen LogP contribution in [-0.4, -0.2) is 19.0 Å². The Labute approximate surface area is 173 Å². The lowest BCUT2D eigenvalue weighted by Crippen LogP contribution is -2.35. The Morgan fingerprint density at radius 2 is 1.28 bits per heavy atom. The summed E-state index contributed by atoms with van der Waals surface area (Å²) in [5.41, 5.74) is -0.600. The number of ether oxygens (including phenoxy) is 1. The molecule has 1 aliphatic carbocycles. The van der Waals surface area contributed by atoms with Crippen LogP contribution in [0.2, 0.25) is 0 Å². The van der Waals surface area contributed by atoms with E-state index in [0.717, 1.165) is 18.6 Å². The van der Waals surface area contributed by atoms with Gasteiger partial charge >= 0.3 is 11.8 Å². The first-order chi connectivity index (χ1) is 13.8. The van der Waals surface area contributed by atoms with Gasteiger partial charge in [-0.3, -0.25) is 0 Å². The second kappa shape index (κ2) is 8.68. The molecular weight excluding hydrogens is 400 g/mol. The molecule has 0 radical (unpaired) electrons. The highest BCUT2D eigenvalue weighted by atomic mass is 32.2. The molecule has 0 aromatic heterocycles. The minimum Gasteiger partial charge on any atom is -0.382 e. The van der Waals surface area contributed by atoms with Crippen molar-refractivity contribution >= 4 is 11.8 Å². The van der Waals surface area contributed by atoms with Gasteiger partial charge in [-0.25, -0.2) is 0 Å². The van der Waals surface area contributed by atoms with Crippen molar-refractivity contribution in [2.24, 2.45) is 0 Å². The fourth-order valence-corrected chi connectivity index (χ4v) is 5.55. The lowest BCUT2D eigenvalue weighted by atomic mass is 9.83. The van der Waals surface area contributed by atoms with E-state index in [1.54, 1.807) is 24.3 Å². The molecule has 29 heavy (non-hydrogen) atoms. The van der Waals surface area contributed by atoms with Gasteiger partial charge in [-0.2, -0.15) is 17.6 Å². The van der Waals surface area contributed by atoms with Crippen LogP contribution < -0.4 is 0 Å². The van der Waals surface area contributed by atoms with E-state index in [4.69, 9.17) is 4.74 Å². The lowest BCUT2D eigenvalue weighted by molar-refractivity contribution is -0.223. The summed E-state index contributed by atoms with van der Waals surface area (Å²) >= 11 is 1.48. The van der Waals surface area contributed by atoms with Crippen molar-refractivity contribution in [3.05, 3.63) is 70.8 Å². The molecule has 158 valence electrons. The van der Waals surface area contributed by atoms with E-state index in [9.17, 15) is 0 Å². The zero-order chi connectivity index (χ0) is 21.1. The van der Waals surface area contributed by atoms with Crippen molar-refractivity contribution in [2.75, 3.05) is 19.0 Å². The largest absolute Gasteiger partial charge is 0.382 e. The molecule has 0 saturated carbocycles. The van der Waals surface area contributed by atoms with Crippen LogP contribution >= 0.6 is 11.8 Å². The summed E-state index contributed by atoms with van der Waals surface area (Å²) in [5, 5.41) is 0. The number of fused-ring (bicyclic) bond motifs is 2. The number of benzene rings is 2. The lowest BCUT2D eigenvalue weighted by Gasteiger charge is -2.36. The van der Waals surface area contributed by atoms with Gasteiger partial charge in [-0.1, -0.05) is 55.5 Å². The highest BCUT2D eigenvalue weighted by Gasteiger charge is 2.64. The molecule has 0 heterocycles. The van der Waals surface area contributed by atoms with E-state index in [0.29, 0.717) is 31.8 Å². The first-order valence-corrected chi connectivity index (χ1v) is 11.0. The van der Waals surface area contributed by atoms with Crippen LogP contribution in [0.3, 0.4) is 0 Å². The molecule has 6 heteroatoms. The molecule has 1 aliphatic rings. The fourth-order valence-electron chi connectivity index (χ4n) is 4.04. The van der Waals surface area contributed by atoms with Crippen LogP contribution in [0.5, 0.6) is 0 Å². The smallest absolute Gasteiger partial charge is 0.340 e. The molecule has 0 fully saturated rings. The van der Waals surface area contributed by atoms with Crippen molar-refractivity contribution in [1.29, 1.82) is 0 Å². The normalized spacial score (nSPS) is 18.6. The number of hydrogen-bond acceptors (Lipinski definition) is 2. The predicted octanol–water partition coefficient (Wildman–Crippen LogP) is 7.09. The predicted molar refractivity (Wildman–Crippen MR) is 110 cm³/mol. The first kappa shape index (κ1) is 22.2. The molecule has 0 aliphatic heterocycles. The number of rotatable bonds is 8. The highest BCUT2D eigenvalue weighted by Crippen LogP contribution is 2.61. The van der Waals surface area contributed by atoms with Gasteiger partial charge in [0.1, 0.15) is 0 Å². The highest BCUT2D eigenvalue weighted by molar-refractivity contribution is 8.00. The van der Waals surface area contributed by atoms with Gasteiger partial charge in [0.25, 0.3) is 0 Å². The minimum absolute atomic E-state index is 0.282. The molecule has 0 spiro atoms. The monoisotopic (exact) mass is 426 g/mol. The fraction of sp³-hybridized carbons (Fsp3) is 0.478. The molecule has 0 saturated heterocycles. The molecule has 0 bridgehead atoms. The maximum Gasteiger partial charge on any atom is 0.340 e. The zero-order valence-electron chi connectivity index (χ0n) is 16.7. The number of halogens is 4. The van der Waals surface area contributed by atoms with E-state index in [1.165, 1.54) is 23.9 Å². The topological polar surface area (TPSA) is 9.23 Å². The van der Waals surface area contributed by atoms with Crippen LogP contribution in [0, 0.1) is 0 Å². The molecule has 2 aromatic rings. The molecule has 0 atom stereocenters. The maximum atomic E-state index is 15.2. The average Bonchev–Trinajstić information content (AvgIpc) is 2.77. The second-order valence-corrected chi connectivity index (χ2v) is 8.61. The molecule has 0 amide bonds. The number of thioether (sulfide) groups is 1. The third-order valence-electron chi connectivity index (χ3n) is 5.37. The van der Waals surface area contributed by atoms with Gasteiger partial charge in [0, 0.05) is 24.3 Å². The standard InChI is InChI=1S/C23H26F4OS/c1-3-16-29-21(14-9-15-28-4-2)17-10-5-7-12-19(17)22(24,25)23(26,27)20-13-8-6-11-18(20)21/h5-8,10-13H,3-4,9,14-16H2,1-2H3. The van der Waals surface area contributed by atoms with Crippen LogP contribution in [0.4, 0.5) is 17.6 Å². The summed E-state index contributed by atoms with van der Waals surface area (Å²) in [5.74, 6) is -7.92. The van der Waals surface area contributed by atoms with E-state index >= 15 is 17.6 Å². The van der Waals surface area contributed by atoms with Gasteiger partial charge < -0.3 is 4.74 Å². The number of hydrogen-bond donors (Lipinski definition) is 0. The van der Waals surface area contributed by atoms with Gasteiger partial charge in [0.2, 0.25) is 0 Å². The maximum absolute atomic E-state index is 15.2. The van der Waals surface area contributed by atoms with Crippen molar-refractivity contribution in [1.82, 2.24) is 0 Å². The van der Waals surface area contributed by atoms with E-state index < -0.39 is 27.7 Å². The molecule has 0 unspecified atom stereocenters. The van der Waals surface area contributed by atoms with Crippen molar-refractivity contribution in [3.8, 4) is 0 Å². The molecular formula is C23H26F4OS. The van der Waals surface area contributed by atoms with Crippen LogP contribution in [-0.2, 0) is 21.3 Å². The summed E-state index contributed by atoms with van der Waals surface area (Å²) in [6, 6.07) is 11.6. The quantitative estimate of drug-likeness (QED) is 0.329. The van der Waals surface area contributed by atoms with Gasteiger partial charge in [0.05, 0.1) is 4.75 Å². The Hall–Kier alpha value is -1.53. The Bertz CT molecular complexity index is 780. The third-order valence-corrected chi connectivity index (χ3v) is 7.12. The van der Waals surface area contributed by atoms with Crippen molar-refractivity contribution < 1.29 is 22.3 Å². The van der Waals surface area contributed by atoms with Crippen LogP contribution in [0.25, 0.3) is 0 Å². The summed E-state index contributed by atoms with van der Waals surface area (Å²) in [4.78, 5) is 0. The van der Waals surface area contributed by atoms with Crippen LogP contribution in [0.1, 0.15) is 55.4 Å². The Balaban J connectivity index is 2.30. The minimum atomic E-state index is -4.30. The molecule has 3 rings (SSSR count). The summed E-state index contributed by atoms with van der Waals surface area (Å²) < 4.78 is 65.4. The van der Waals surface area contributed by atoms with Crippen molar-refractivity contribution in [2.45, 2.75) is 49.7 Å². The SMILES string of the molecule is CCCSC1(CCCOCC)c2ccccc2C(F)(F)C(F)(F)c2ccccc21. The Kier molecular flexibility index (Phi) is 6.64. The Morgan fingerprint density at radius 3 is 1.72 bits per heavy atom. The summed E-state index contributed by atoms with van der Waals surface area (Å²) in [6.07, 6.45) is 1.84. The zero-order valence-corrected chi connectivity index (χ0v) is 17.5. The Morgan fingerprint density at radius 1 is 0.793 bits per heavy atom. The first-order valence-electron chi connectivity index (χ1n) is 10.00. The molecule has 1 nitrogen and oxygen atoms in total. The third kappa shape index (κ3) is 3.70. The average molecular weight is 427 g/mol. The van der Waals surface area contributed by atoms with Gasteiger partial charge in [-0.05, 0) is 43.1 Å².